The first kappa shape index (κ1) is 7.02. The molecule has 0 aliphatic carbocycles. The second kappa shape index (κ2) is 2.17. The van der Waals surface area contributed by atoms with Crippen molar-refractivity contribution < 1.29 is 24.5 Å². The second-order valence-corrected chi connectivity index (χ2v) is 2.71. The van der Waals surface area contributed by atoms with Crippen molar-refractivity contribution in [3.8, 4) is 0 Å². The van der Waals surface area contributed by atoms with E-state index < -0.39 is 24.6 Å². The molecule has 0 spiro atoms. The summed E-state index contributed by atoms with van der Waals surface area (Å²) in [5.74, 6) is -0.383. The first-order valence-corrected chi connectivity index (χ1v) is 3.39. The average molecular weight is 160 g/mol. The van der Waals surface area contributed by atoms with Crippen LogP contribution in [0.25, 0.3) is 0 Å². The van der Waals surface area contributed by atoms with Crippen molar-refractivity contribution >= 4 is 5.97 Å². The summed E-state index contributed by atoms with van der Waals surface area (Å²) in [6.45, 7) is 0. The van der Waals surface area contributed by atoms with Gasteiger partial charge < -0.3 is 19.7 Å². The maximum absolute atomic E-state index is 10.6. The lowest BCUT2D eigenvalue weighted by molar-refractivity contribution is -0.155. The molecule has 1 unspecified atom stereocenters. The lowest BCUT2D eigenvalue weighted by atomic mass is 10.1. The number of carbonyl (C=O) groups excluding carboxylic acids is 1. The number of carbonyl (C=O) groups is 1. The van der Waals surface area contributed by atoms with E-state index >= 15 is 0 Å². The van der Waals surface area contributed by atoms with Crippen LogP contribution < -0.4 is 0 Å². The molecule has 2 N–H and O–H groups in total. The summed E-state index contributed by atoms with van der Waals surface area (Å²) in [4.78, 5) is 10.6. The predicted molar refractivity (Wildman–Crippen MR) is 31.4 cm³/mol. The number of aliphatic hydroxyl groups is 2. The number of fused-ring (bicyclic) bond motifs is 1. The molecule has 2 fully saturated rings. The van der Waals surface area contributed by atoms with Crippen LogP contribution in [0.5, 0.6) is 0 Å². The van der Waals surface area contributed by atoms with Gasteiger partial charge in [-0.2, -0.15) is 0 Å². The van der Waals surface area contributed by atoms with Gasteiger partial charge in [0.1, 0.15) is 12.2 Å². The molecule has 2 aliphatic rings. The molecular formula is C6H8O5. The third-order valence-electron chi connectivity index (χ3n) is 1.94. The van der Waals surface area contributed by atoms with Crippen molar-refractivity contribution in [2.24, 2.45) is 0 Å². The monoisotopic (exact) mass is 160 g/mol. The highest BCUT2D eigenvalue weighted by molar-refractivity contribution is 5.72. The minimum atomic E-state index is -1.21. The summed E-state index contributed by atoms with van der Waals surface area (Å²) in [5.41, 5.74) is 0. The Labute approximate surface area is 62.5 Å². The van der Waals surface area contributed by atoms with Gasteiger partial charge in [-0.05, 0) is 0 Å². The maximum atomic E-state index is 10.6. The largest absolute Gasteiger partial charge is 0.456 e. The molecule has 0 amide bonds. The Morgan fingerprint density at radius 2 is 2.18 bits per heavy atom. The van der Waals surface area contributed by atoms with E-state index in [0.29, 0.717) is 0 Å². The van der Waals surface area contributed by atoms with Crippen molar-refractivity contribution in [3.63, 3.8) is 0 Å². The zero-order chi connectivity index (χ0) is 8.01. The normalized spacial score (nSPS) is 49.1. The van der Waals surface area contributed by atoms with Gasteiger partial charge in [-0.25, -0.2) is 0 Å². The molecule has 0 aromatic carbocycles. The zero-order valence-corrected chi connectivity index (χ0v) is 5.64. The average Bonchev–Trinajstić information content (AvgIpc) is 2.37. The van der Waals surface area contributed by atoms with Gasteiger partial charge in [0, 0.05) is 0 Å². The third-order valence-corrected chi connectivity index (χ3v) is 1.94. The van der Waals surface area contributed by atoms with Gasteiger partial charge >= 0.3 is 5.97 Å². The molecule has 2 heterocycles. The molecule has 4 atom stereocenters. The van der Waals surface area contributed by atoms with Crippen LogP contribution in [0.1, 0.15) is 6.42 Å². The van der Waals surface area contributed by atoms with Crippen molar-refractivity contribution in [1.29, 1.82) is 0 Å². The van der Waals surface area contributed by atoms with Gasteiger partial charge in [-0.1, -0.05) is 0 Å². The summed E-state index contributed by atoms with van der Waals surface area (Å²) in [6, 6.07) is 0. The van der Waals surface area contributed by atoms with Crippen LogP contribution in [-0.4, -0.2) is 40.8 Å². The Morgan fingerprint density at radius 1 is 1.45 bits per heavy atom. The summed E-state index contributed by atoms with van der Waals surface area (Å²) in [5, 5.41) is 18.1. The molecule has 0 saturated carbocycles. The van der Waals surface area contributed by atoms with Crippen LogP contribution in [0.4, 0.5) is 0 Å². The Hall–Kier alpha value is -0.650. The number of hydrogen-bond donors (Lipinski definition) is 2. The smallest absolute Gasteiger partial charge is 0.309 e. The molecule has 0 aromatic rings. The molecule has 2 rings (SSSR count). The molecule has 5 nitrogen and oxygen atoms in total. The Balaban J connectivity index is 2.13. The predicted octanol–water partition coefficient (Wildman–Crippen LogP) is -1.62. The van der Waals surface area contributed by atoms with Gasteiger partial charge in [-0.3, -0.25) is 4.79 Å². The van der Waals surface area contributed by atoms with E-state index in [1.165, 1.54) is 0 Å². The Bertz CT molecular complexity index is 191. The molecule has 2 aliphatic heterocycles. The molecule has 0 radical (unpaired) electrons. The number of rotatable bonds is 0. The van der Waals surface area contributed by atoms with Crippen molar-refractivity contribution in [1.82, 2.24) is 0 Å². The summed E-state index contributed by atoms with van der Waals surface area (Å²) in [6.07, 6.45) is -3.31. The fourth-order valence-electron chi connectivity index (χ4n) is 1.39. The number of ether oxygens (including phenoxy) is 2. The number of hydrogen-bond acceptors (Lipinski definition) is 5. The second-order valence-electron chi connectivity index (χ2n) is 2.71. The molecule has 5 heteroatoms. The highest BCUT2D eigenvalue weighted by Gasteiger charge is 2.50. The van der Waals surface area contributed by atoms with E-state index in [2.05, 4.69) is 0 Å². The molecule has 11 heavy (non-hydrogen) atoms. The highest BCUT2D eigenvalue weighted by atomic mass is 16.7. The van der Waals surface area contributed by atoms with Crippen LogP contribution in [-0.2, 0) is 14.3 Å². The van der Waals surface area contributed by atoms with Crippen molar-refractivity contribution in [2.45, 2.75) is 31.0 Å². The first-order chi connectivity index (χ1) is 5.18. The topological polar surface area (TPSA) is 76.0 Å². The fraction of sp³-hybridized carbons (Fsp3) is 0.833. The third kappa shape index (κ3) is 0.926. The van der Waals surface area contributed by atoms with Gasteiger partial charge in [0.25, 0.3) is 0 Å². The van der Waals surface area contributed by atoms with Crippen LogP contribution in [0.2, 0.25) is 0 Å². The van der Waals surface area contributed by atoms with E-state index in [1.54, 1.807) is 0 Å². The zero-order valence-electron chi connectivity index (χ0n) is 5.64. The van der Waals surface area contributed by atoms with Gasteiger partial charge in [0.05, 0.1) is 6.42 Å². The van der Waals surface area contributed by atoms with Gasteiger partial charge in [-0.15, -0.1) is 0 Å². The first-order valence-electron chi connectivity index (χ1n) is 3.39. The summed E-state index contributed by atoms with van der Waals surface area (Å²) in [7, 11) is 0. The van der Waals surface area contributed by atoms with Crippen molar-refractivity contribution in [3.05, 3.63) is 0 Å². The van der Waals surface area contributed by atoms with Crippen LogP contribution >= 0.6 is 0 Å². The minimum Gasteiger partial charge on any atom is -0.456 e. The Morgan fingerprint density at radius 3 is 2.82 bits per heavy atom. The number of esters is 1. The lowest BCUT2D eigenvalue weighted by Gasteiger charge is -2.10. The standard InChI is InChI=1S/C6H8O5/c7-3-1-2-5(11-3)4(8)6(9)10-2/h2,4-6,8-9H,1H2/t2-,4-,5+,6?/m1/s1. The van der Waals surface area contributed by atoms with E-state index in [4.69, 9.17) is 19.7 Å². The summed E-state index contributed by atoms with van der Waals surface area (Å²) >= 11 is 0. The van der Waals surface area contributed by atoms with E-state index in [0.717, 1.165) is 0 Å². The minimum absolute atomic E-state index is 0.124. The molecular weight excluding hydrogens is 152 g/mol. The van der Waals surface area contributed by atoms with Gasteiger partial charge in [0.2, 0.25) is 0 Å². The lowest BCUT2D eigenvalue weighted by Crippen LogP contribution is -2.31. The fourth-order valence-corrected chi connectivity index (χ4v) is 1.39. The molecule has 0 aromatic heterocycles. The maximum Gasteiger partial charge on any atom is 0.309 e. The van der Waals surface area contributed by atoms with Crippen LogP contribution in [0.15, 0.2) is 0 Å². The van der Waals surface area contributed by atoms with E-state index in [-0.39, 0.29) is 12.4 Å². The number of aliphatic hydroxyl groups excluding tert-OH is 2. The van der Waals surface area contributed by atoms with E-state index in [9.17, 15) is 4.79 Å². The molecule has 62 valence electrons. The molecule has 0 bridgehead atoms. The SMILES string of the molecule is O=C1C[C@H]2OC(O)[C@H](O)[C@H]2O1. The summed E-state index contributed by atoms with van der Waals surface area (Å²) < 4.78 is 9.52. The van der Waals surface area contributed by atoms with Crippen molar-refractivity contribution in [2.75, 3.05) is 0 Å². The molecule has 2 saturated heterocycles. The quantitative estimate of drug-likeness (QED) is 0.416. The van der Waals surface area contributed by atoms with E-state index in [1.807, 2.05) is 0 Å². The Kier molecular flexibility index (Phi) is 1.38. The highest BCUT2D eigenvalue weighted by Crippen LogP contribution is 2.30. The van der Waals surface area contributed by atoms with Crippen LogP contribution in [0.3, 0.4) is 0 Å². The van der Waals surface area contributed by atoms with Crippen LogP contribution in [0, 0.1) is 0 Å². The van der Waals surface area contributed by atoms with Gasteiger partial charge in [0.15, 0.2) is 12.4 Å².